The summed E-state index contributed by atoms with van der Waals surface area (Å²) < 4.78 is 5.08. The Labute approximate surface area is 156 Å². The smallest absolute Gasteiger partial charge is 0.307 e. The van der Waals surface area contributed by atoms with E-state index in [4.69, 9.17) is 4.74 Å². The first kappa shape index (κ1) is 18.2. The average molecular weight is 369 g/mol. The summed E-state index contributed by atoms with van der Waals surface area (Å²) in [5.41, 5.74) is 1.97. The third-order valence-electron chi connectivity index (χ3n) is 4.17. The zero-order valence-electron chi connectivity index (χ0n) is 14.4. The molecule has 1 aliphatic rings. The molecule has 2 aromatic rings. The quantitative estimate of drug-likeness (QED) is 0.458. The number of Topliss-reactive ketones (excluding diaryl/α,β-unsaturated/α-hetero) is 1. The minimum Gasteiger partial charge on any atom is -0.457 e. The second-order valence-electron chi connectivity index (χ2n) is 6.01. The number of rotatable bonds is 7. The standard InChI is InChI=1S/C20H19NO4S/c1-13-16-11-14(7-8-17(16)21-20(13)24)18(22)12-25-19(23)9-10-26-15-5-3-2-4-6-15/h2-8,11,13H,9-10,12H2,1H3,(H,21,24)/t13-/m0/s1. The van der Waals surface area contributed by atoms with Crippen LogP contribution >= 0.6 is 11.8 Å². The topological polar surface area (TPSA) is 72.5 Å². The number of anilines is 1. The Morgan fingerprint density at radius 2 is 1.92 bits per heavy atom. The van der Waals surface area contributed by atoms with Crippen LogP contribution in [0.5, 0.6) is 0 Å². The van der Waals surface area contributed by atoms with E-state index in [-0.39, 0.29) is 30.6 Å². The lowest BCUT2D eigenvalue weighted by Crippen LogP contribution is -2.14. The number of amides is 1. The summed E-state index contributed by atoms with van der Waals surface area (Å²) in [6.07, 6.45) is 0.243. The van der Waals surface area contributed by atoms with Gasteiger partial charge in [0.2, 0.25) is 5.91 Å². The van der Waals surface area contributed by atoms with Gasteiger partial charge in [-0.15, -0.1) is 11.8 Å². The number of carbonyl (C=O) groups excluding carboxylic acids is 3. The first-order valence-corrected chi connectivity index (χ1v) is 9.34. The van der Waals surface area contributed by atoms with Gasteiger partial charge in [0.25, 0.3) is 0 Å². The zero-order valence-corrected chi connectivity index (χ0v) is 15.2. The van der Waals surface area contributed by atoms with Crippen LogP contribution in [0.25, 0.3) is 0 Å². The Balaban J connectivity index is 1.47. The molecule has 2 aromatic carbocycles. The number of nitrogens with one attached hydrogen (secondary N) is 1. The molecule has 6 heteroatoms. The predicted molar refractivity (Wildman–Crippen MR) is 101 cm³/mol. The van der Waals surface area contributed by atoms with Crippen LogP contribution in [-0.4, -0.2) is 30.0 Å². The number of ether oxygens (including phenoxy) is 1. The summed E-state index contributed by atoms with van der Waals surface area (Å²) >= 11 is 1.57. The van der Waals surface area contributed by atoms with Crippen LogP contribution in [0.3, 0.4) is 0 Å². The van der Waals surface area contributed by atoms with Gasteiger partial charge in [0.15, 0.2) is 12.4 Å². The highest BCUT2D eigenvalue weighted by molar-refractivity contribution is 7.99. The van der Waals surface area contributed by atoms with Crippen LogP contribution in [0, 0.1) is 0 Å². The number of hydrogen-bond acceptors (Lipinski definition) is 5. The number of thioether (sulfide) groups is 1. The van der Waals surface area contributed by atoms with Crippen LogP contribution in [0.4, 0.5) is 5.69 Å². The fourth-order valence-electron chi connectivity index (χ4n) is 2.66. The van der Waals surface area contributed by atoms with Crippen molar-refractivity contribution in [2.24, 2.45) is 0 Å². The second kappa shape index (κ2) is 8.19. The van der Waals surface area contributed by atoms with Crippen LogP contribution < -0.4 is 5.32 Å². The molecule has 3 rings (SSSR count). The van der Waals surface area contributed by atoms with Gasteiger partial charge in [-0.1, -0.05) is 18.2 Å². The van der Waals surface area contributed by atoms with Gasteiger partial charge in [-0.3, -0.25) is 14.4 Å². The molecule has 1 N–H and O–H groups in total. The SMILES string of the molecule is C[C@@H]1C(=O)Nc2ccc(C(=O)COC(=O)CCSc3ccccc3)cc21. The van der Waals surface area contributed by atoms with Crippen molar-refractivity contribution in [1.82, 2.24) is 0 Å². The van der Waals surface area contributed by atoms with Crippen molar-refractivity contribution in [3.8, 4) is 0 Å². The lowest BCUT2D eigenvalue weighted by Gasteiger charge is -2.07. The maximum atomic E-state index is 12.2. The summed E-state index contributed by atoms with van der Waals surface area (Å²) in [7, 11) is 0. The summed E-state index contributed by atoms with van der Waals surface area (Å²) in [4.78, 5) is 36.8. The Hall–Kier alpha value is -2.60. The molecule has 0 unspecified atom stereocenters. The van der Waals surface area contributed by atoms with Crippen LogP contribution in [0.15, 0.2) is 53.4 Å². The number of hydrogen-bond donors (Lipinski definition) is 1. The summed E-state index contributed by atoms with van der Waals surface area (Å²) in [5, 5.41) is 2.76. The Kier molecular flexibility index (Phi) is 5.73. The van der Waals surface area contributed by atoms with Gasteiger partial charge in [0.1, 0.15) is 0 Å². The second-order valence-corrected chi connectivity index (χ2v) is 7.18. The van der Waals surface area contributed by atoms with E-state index in [1.54, 1.807) is 36.9 Å². The number of benzene rings is 2. The average Bonchev–Trinajstić information content (AvgIpc) is 2.94. The first-order valence-electron chi connectivity index (χ1n) is 8.36. The molecule has 1 heterocycles. The number of fused-ring (bicyclic) bond motifs is 1. The molecule has 1 amide bonds. The van der Waals surface area contributed by atoms with Crippen molar-refractivity contribution in [2.75, 3.05) is 17.7 Å². The van der Waals surface area contributed by atoms with Crippen molar-refractivity contribution >= 4 is 35.1 Å². The molecule has 0 saturated carbocycles. The molecule has 0 spiro atoms. The lowest BCUT2D eigenvalue weighted by atomic mass is 9.99. The predicted octanol–water partition coefficient (Wildman–Crippen LogP) is 3.65. The molecule has 0 radical (unpaired) electrons. The third kappa shape index (κ3) is 4.32. The summed E-state index contributed by atoms with van der Waals surface area (Å²) in [6, 6.07) is 14.8. The number of ketones is 1. The van der Waals surface area contributed by atoms with E-state index in [0.717, 1.165) is 16.1 Å². The molecule has 0 fully saturated rings. The fraction of sp³-hybridized carbons (Fsp3) is 0.250. The zero-order chi connectivity index (χ0) is 18.5. The minimum absolute atomic E-state index is 0.0769. The van der Waals surface area contributed by atoms with E-state index >= 15 is 0 Å². The number of carbonyl (C=O) groups is 3. The van der Waals surface area contributed by atoms with Gasteiger partial charge in [0.05, 0.1) is 12.3 Å². The van der Waals surface area contributed by atoms with E-state index < -0.39 is 5.97 Å². The molecular weight excluding hydrogens is 350 g/mol. The number of esters is 1. The van der Waals surface area contributed by atoms with E-state index in [9.17, 15) is 14.4 Å². The van der Waals surface area contributed by atoms with Gasteiger partial charge < -0.3 is 10.1 Å². The molecule has 0 aromatic heterocycles. The molecule has 26 heavy (non-hydrogen) atoms. The molecule has 1 atom stereocenters. The highest BCUT2D eigenvalue weighted by Crippen LogP contribution is 2.32. The molecule has 134 valence electrons. The van der Waals surface area contributed by atoms with Gasteiger partial charge in [-0.05, 0) is 42.8 Å². The summed E-state index contributed by atoms with van der Waals surface area (Å²) in [6.45, 7) is 1.50. The molecule has 0 aliphatic carbocycles. The highest BCUT2D eigenvalue weighted by Gasteiger charge is 2.27. The van der Waals surface area contributed by atoms with Crippen molar-refractivity contribution in [3.63, 3.8) is 0 Å². The van der Waals surface area contributed by atoms with Crippen molar-refractivity contribution in [2.45, 2.75) is 24.2 Å². The van der Waals surface area contributed by atoms with Crippen molar-refractivity contribution in [3.05, 3.63) is 59.7 Å². The maximum Gasteiger partial charge on any atom is 0.307 e. The highest BCUT2D eigenvalue weighted by atomic mass is 32.2. The van der Waals surface area contributed by atoms with E-state index in [0.29, 0.717) is 11.3 Å². The Morgan fingerprint density at radius 3 is 2.69 bits per heavy atom. The van der Waals surface area contributed by atoms with Crippen LogP contribution in [-0.2, 0) is 14.3 Å². The fourth-order valence-corrected chi connectivity index (χ4v) is 3.51. The minimum atomic E-state index is -0.395. The van der Waals surface area contributed by atoms with Gasteiger partial charge in [-0.25, -0.2) is 0 Å². The van der Waals surface area contributed by atoms with E-state index in [1.165, 1.54) is 0 Å². The Bertz CT molecular complexity index is 835. The summed E-state index contributed by atoms with van der Waals surface area (Å²) in [5.74, 6) is -0.430. The normalized spacial score (nSPS) is 15.3. The van der Waals surface area contributed by atoms with Gasteiger partial charge >= 0.3 is 5.97 Å². The monoisotopic (exact) mass is 369 g/mol. The van der Waals surface area contributed by atoms with Gasteiger partial charge in [-0.2, -0.15) is 0 Å². The van der Waals surface area contributed by atoms with Gasteiger partial charge in [0, 0.05) is 21.9 Å². The molecule has 1 aliphatic heterocycles. The van der Waals surface area contributed by atoms with Crippen molar-refractivity contribution < 1.29 is 19.1 Å². The van der Waals surface area contributed by atoms with E-state index in [2.05, 4.69) is 5.32 Å². The molecule has 0 bridgehead atoms. The molecule has 0 saturated heterocycles. The maximum absolute atomic E-state index is 12.2. The van der Waals surface area contributed by atoms with E-state index in [1.807, 2.05) is 30.3 Å². The largest absolute Gasteiger partial charge is 0.457 e. The third-order valence-corrected chi connectivity index (χ3v) is 5.19. The lowest BCUT2D eigenvalue weighted by molar-refractivity contribution is -0.142. The van der Waals surface area contributed by atoms with Crippen LogP contribution in [0.1, 0.15) is 35.2 Å². The first-order chi connectivity index (χ1) is 12.5. The molecular formula is C20H19NO4S. The van der Waals surface area contributed by atoms with Crippen molar-refractivity contribution in [1.29, 1.82) is 0 Å². The molecule has 5 nitrogen and oxygen atoms in total. The Morgan fingerprint density at radius 1 is 1.15 bits per heavy atom. The van der Waals surface area contributed by atoms with Crippen LogP contribution in [0.2, 0.25) is 0 Å².